The fourth-order valence-corrected chi connectivity index (χ4v) is 3.34. The van der Waals surface area contributed by atoms with Crippen LogP contribution in [-0.4, -0.2) is 35.4 Å². The number of amides is 2. The summed E-state index contributed by atoms with van der Waals surface area (Å²) in [6.07, 6.45) is 0. The van der Waals surface area contributed by atoms with Gasteiger partial charge >= 0.3 is 0 Å². The van der Waals surface area contributed by atoms with Gasteiger partial charge in [-0.3, -0.25) is 9.59 Å². The zero-order valence-corrected chi connectivity index (χ0v) is 18.0. The summed E-state index contributed by atoms with van der Waals surface area (Å²) in [5.74, 6) is -0.546. The predicted molar refractivity (Wildman–Crippen MR) is 119 cm³/mol. The van der Waals surface area contributed by atoms with E-state index in [1.165, 1.54) is 11.0 Å². The minimum Gasteiger partial charge on any atom is -0.483 e. The van der Waals surface area contributed by atoms with Crippen LogP contribution in [0.25, 0.3) is 10.8 Å². The quantitative estimate of drug-likeness (QED) is 0.589. The van der Waals surface area contributed by atoms with E-state index in [-0.39, 0.29) is 25.1 Å². The maximum atomic E-state index is 14.2. The van der Waals surface area contributed by atoms with Crippen molar-refractivity contribution >= 4 is 22.6 Å². The van der Waals surface area contributed by atoms with E-state index in [0.29, 0.717) is 11.3 Å². The number of halogens is 1. The van der Waals surface area contributed by atoms with Gasteiger partial charge in [-0.1, -0.05) is 54.6 Å². The zero-order valence-electron chi connectivity index (χ0n) is 18.0. The van der Waals surface area contributed by atoms with Crippen LogP contribution in [0.15, 0.2) is 66.7 Å². The Kier molecular flexibility index (Phi) is 7.23. The summed E-state index contributed by atoms with van der Waals surface area (Å²) >= 11 is 0. The van der Waals surface area contributed by atoms with Gasteiger partial charge in [0, 0.05) is 23.5 Å². The first-order valence-electron chi connectivity index (χ1n) is 10.3. The van der Waals surface area contributed by atoms with Gasteiger partial charge in [-0.2, -0.15) is 0 Å². The minimum atomic E-state index is -0.786. The molecule has 1 atom stereocenters. The molecule has 0 aliphatic heterocycles. The fourth-order valence-electron chi connectivity index (χ4n) is 3.34. The average Bonchev–Trinajstić information content (AvgIpc) is 2.76. The normalized spacial score (nSPS) is 11.9. The molecule has 1 N–H and O–H groups in total. The van der Waals surface area contributed by atoms with Gasteiger partial charge < -0.3 is 15.0 Å². The first-order valence-corrected chi connectivity index (χ1v) is 10.3. The molecule has 0 radical (unpaired) electrons. The van der Waals surface area contributed by atoms with Crippen molar-refractivity contribution in [2.75, 3.05) is 6.61 Å². The van der Waals surface area contributed by atoms with Crippen molar-refractivity contribution in [3.8, 4) is 5.75 Å². The molecule has 0 heterocycles. The Bertz CT molecular complexity index is 1060. The number of benzene rings is 3. The molecule has 3 aromatic rings. The van der Waals surface area contributed by atoms with Gasteiger partial charge in [0.1, 0.15) is 17.6 Å². The van der Waals surface area contributed by atoms with Crippen molar-refractivity contribution in [3.05, 3.63) is 78.1 Å². The van der Waals surface area contributed by atoms with E-state index < -0.39 is 17.8 Å². The van der Waals surface area contributed by atoms with Crippen LogP contribution in [0.3, 0.4) is 0 Å². The third-order valence-electron chi connectivity index (χ3n) is 5.00. The topological polar surface area (TPSA) is 58.6 Å². The van der Waals surface area contributed by atoms with Gasteiger partial charge in [-0.15, -0.1) is 0 Å². The summed E-state index contributed by atoms with van der Waals surface area (Å²) in [6, 6.07) is 18.7. The molecule has 162 valence electrons. The lowest BCUT2D eigenvalue weighted by atomic mass is 10.1. The number of fused-ring (bicyclic) bond motifs is 1. The van der Waals surface area contributed by atoms with E-state index >= 15 is 0 Å². The Balaban J connectivity index is 1.81. The van der Waals surface area contributed by atoms with Crippen LogP contribution < -0.4 is 10.1 Å². The summed E-state index contributed by atoms with van der Waals surface area (Å²) in [4.78, 5) is 27.0. The lowest BCUT2D eigenvalue weighted by Gasteiger charge is -2.29. The molecule has 0 bridgehead atoms. The number of hydrogen-bond acceptors (Lipinski definition) is 3. The lowest BCUT2D eigenvalue weighted by molar-refractivity contribution is -0.142. The molecule has 0 saturated heterocycles. The van der Waals surface area contributed by atoms with Crippen molar-refractivity contribution in [1.29, 1.82) is 0 Å². The van der Waals surface area contributed by atoms with Crippen LogP contribution in [0.4, 0.5) is 4.39 Å². The molecular weight excluding hydrogens is 395 g/mol. The monoisotopic (exact) mass is 422 g/mol. The number of nitrogens with zero attached hydrogens (tertiary/aromatic N) is 1. The summed E-state index contributed by atoms with van der Waals surface area (Å²) in [7, 11) is 0. The van der Waals surface area contributed by atoms with Gasteiger partial charge in [0.05, 0.1) is 0 Å². The SMILES string of the molecule is CC(C)NC(=O)[C@H](C)N(Cc1ccccc1F)C(=O)COc1cccc2ccccc12. The highest BCUT2D eigenvalue weighted by atomic mass is 19.1. The van der Waals surface area contributed by atoms with Gasteiger partial charge in [0.15, 0.2) is 6.61 Å². The summed E-state index contributed by atoms with van der Waals surface area (Å²) in [5.41, 5.74) is 0.338. The predicted octanol–water partition coefficient (Wildman–Crippen LogP) is 4.30. The maximum absolute atomic E-state index is 14.2. The maximum Gasteiger partial charge on any atom is 0.261 e. The van der Waals surface area contributed by atoms with E-state index in [4.69, 9.17) is 4.74 Å². The molecule has 0 unspecified atom stereocenters. The standard InChI is InChI=1S/C25H27FN2O3/c1-17(2)27-25(30)18(3)28(15-20-10-5-7-13-22(20)26)24(29)16-31-23-14-8-11-19-9-4-6-12-21(19)23/h4-14,17-18H,15-16H2,1-3H3,(H,27,30)/t18-/m0/s1. The molecule has 2 amide bonds. The number of rotatable bonds is 8. The molecule has 0 spiro atoms. The number of ether oxygens (including phenoxy) is 1. The van der Waals surface area contributed by atoms with Crippen LogP contribution in [0.1, 0.15) is 26.3 Å². The molecule has 0 aromatic heterocycles. The zero-order chi connectivity index (χ0) is 22.4. The third kappa shape index (κ3) is 5.60. The minimum absolute atomic E-state index is 0.0307. The Morgan fingerprint density at radius 1 is 0.968 bits per heavy atom. The second-order valence-electron chi connectivity index (χ2n) is 7.72. The first-order chi connectivity index (χ1) is 14.9. The van der Waals surface area contributed by atoms with Crippen molar-refractivity contribution in [3.63, 3.8) is 0 Å². The van der Waals surface area contributed by atoms with Crippen molar-refractivity contribution in [2.45, 2.75) is 39.4 Å². The molecule has 0 aliphatic carbocycles. The molecule has 6 heteroatoms. The van der Waals surface area contributed by atoms with Gasteiger partial charge in [0.2, 0.25) is 5.91 Å². The van der Waals surface area contributed by atoms with Crippen molar-refractivity contribution < 1.29 is 18.7 Å². The number of carbonyl (C=O) groups excluding carboxylic acids is 2. The van der Waals surface area contributed by atoms with Crippen LogP contribution in [-0.2, 0) is 16.1 Å². The molecular formula is C25H27FN2O3. The second kappa shape index (κ2) is 10.1. The third-order valence-corrected chi connectivity index (χ3v) is 5.00. The lowest BCUT2D eigenvalue weighted by Crippen LogP contribution is -2.50. The van der Waals surface area contributed by atoms with Gasteiger partial charge in [-0.25, -0.2) is 4.39 Å². The molecule has 0 aliphatic rings. The fraction of sp³-hybridized carbons (Fsp3) is 0.280. The van der Waals surface area contributed by atoms with Crippen LogP contribution in [0.5, 0.6) is 5.75 Å². The Morgan fingerprint density at radius 2 is 1.65 bits per heavy atom. The van der Waals surface area contributed by atoms with Crippen LogP contribution in [0.2, 0.25) is 0 Å². The number of carbonyl (C=O) groups is 2. The summed E-state index contributed by atoms with van der Waals surface area (Å²) < 4.78 is 20.1. The summed E-state index contributed by atoms with van der Waals surface area (Å²) in [6.45, 7) is 5.03. The van der Waals surface area contributed by atoms with Crippen molar-refractivity contribution in [2.24, 2.45) is 0 Å². The average molecular weight is 423 g/mol. The van der Waals surface area contributed by atoms with Crippen LogP contribution in [0, 0.1) is 5.82 Å². The second-order valence-corrected chi connectivity index (χ2v) is 7.72. The van der Waals surface area contributed by atoms with E-state index in [9.17, 15) is 14.0 Å². The number of nitrogens with one attached hydrogen (secondary N) is 1. The Hall–Kier alpha value is -3.41. The molecule has 5 nitrogen and oxygen atoms in total. The Morgan fingerprint density at radius 3 is 2.39 bits per heavy atom. The Labute approximate surface area is 181 Å². The summed E-state index contributed by atoms with van der Waals surface area (Å²) in [5, 5.41) is 4.70. The largest absolute Gasteiger partial charge is 0.483 e. The van der Waals surface area contributed by atoms with E-state index in [2.05, 4.69) is 5.32 Å². The smallest absolute Gasteiger partial charge is 0.261 e. The van der Waals surface area contributed by atoms with Crippen LogP contribution >= 0.6 is 0 Å². The highest BCUT2D eigenvalue weighted by molar-refractivity contribution is 5.90. The van der Waals surface area contributed by atoms with E-state index in [1.807, 2.05) is 50.2 Å². The highest BCUT2D eigenvalue weighted by Crippen LogP contribution is 2.25. The van der Waals surface area contributed by atoms with E-state index in [0.717, 1.165) is 10.8 Å². The van der Waals surface area contributed by atoms with E-state index in [1.54, 1.807) is 31.2 Å². The van der Waals surface area contributed by atoms with Crippen molar-refractivity contribution in [1.82, 2.24) is 10.2 Å². The molecule has 31 heavy (non-hydrogen) atoms. The molecule has 0 fully saturated rings. The number of hydrogen-bond donors (Lipinski definition) is 1. The molecule has 0 saturated carbocycles. The molecule has 3 rings (SSSR count). The first kappa shape index (κ1) is 22.3. The van der Waals surface area contributed by atoms with Gasteiger partial charge in [-0.05, 0) is 38.3 Å². The molecule has 3 aromatic carbocycles. The van der Waals surface area contributed by atoms with Gasteiger partial charge in [0.25, 0.3) is 5.91 Å². The highest BCUT2D eigenvalue weighted by Gasteiger charge is 2.27.